The molecule has 0 bridgehead atoms. The maximum Gasteiger partial charge on any atom is 0.340 e. The molecule has 0 aliphatic heterocycles. The molecule has 0 N–H and O–H groups in total. The summed E-state index contributed by atoms with van der Waals surface area (Å²) in [7, 11) is 0. The van der Waals surface area contributed by atoms with Crippen LogP contribution >= 0.6 is 0 Å². The maximum atomic E-state index is 12.9. The van der Waals surface area contributed by atoms with Crippen molar-refractivity contribution in [2.45, 2.75) is 34.6 Å². The molecule has 0 aliphatic rings. The van der Waals surface area contributed by atoms with Gasteiger partial charge in [0.1, 0.15) is 11.5 Å². The van der Waals surface area contributed by atoms with Crippen LogP contribution in [0.1, 0.15) is 51.7 Å². The second-order valence-electron chi connectivity index (χ2n) is 6.68. The lowest BCUT2D eigenvalue weighted by Crippen LogP contribution is -2.17. The average Bonchev–Trinajstić information content (AvgIpc) is 3.09. The SMILES string of the molecule is CCOC(=O)c1c(C)nc(C)c(C(=O)OCC)c1-c1c(-c2ccccc2)noc1C. The van der Waals surface area contributed by atoms with E-state index in [1.165, 1.54) is 0 Å². The third-order valence-corrected chi connectivity index (χ3v) is 4.68. The van der Waals surface area contributed by atoms with Crippen molar-refractivity contribution in [3.05, 3.63) is 58.6 Å². The molecule has 2 aromatic heterocycles. The van der Waals surface area contributed by atoms with E-state index in [4.69, 9.17) is 14.0 Å². The van der Waals surface area contributed by atoms with Gasteiger partial charge in [-0.3, -0.25) is 4.98 Å². The number of pyridine rings is 1. The number of esters is 2. The Balaban J connectivity index is 2.43. The van der Waals surface area contributed by atoms with Gasteiger partial charge in [-0.05, 0) is 34.6 Å². The lowest BCUT2D eigenvalue weighted by Gasteiger charge is -2.17. The van der Waals surface area contributed by atoms with Crippen molar-refractivity contribution in [1.82, 2.24) is 10.1 Å². The fraction of sp³-hybridized carbons (Fsp3) is 0.304. The van der Waals surface area contributed by atoms with Gasteiger partial charge in [0.05, 0.1) is 41.3 Å². The Bertz CT molecular complexity index is 1040. The summed E-state index contributed by atoms with van der Waals surface area (Å²) in [5.74, 6) is -0.666. The van der Waals surface area contributed by atoms with Crippen molar-refractivity contribution in [3.63, 3.8) is 0 Å². The lowest BCUT2D eigenvalue weighted by atomic mass is 9.89. The molecule has 156 valence electrons. The van der Waals surface area contributed by atoms with Gasteiger partial charge in [-0.2, -0.15) is 0 Å². The average molecular weight is 408 g/mol. The Hall–Kier alpha value is -3.48. The molecule has 0 unspecified atom stereocenters. The van der Waals surface area contributed by atoms with E-state index in [1.807, 2.05) is 30.3 Å². The molecule has 3 aromatic rings. The molecule has 0 amide bonds. The molecule has 30 heavy (non-hydrogen) atoms. The third kappa shape index (κ3) is 3.83. The molecule has 0 saturated carbocycles. The second-order valence-corrected chi connectivity index (χ2v) is 6.68. The molecule has 0 spiro atoms. The van der Waals surface area contributed by atoms with E-state index < -0.39 is 11.9 Å². The standard InChI is InChI=1S/C23H24N2O5/c1-6-28-22(26)17-13(3)24-14(4)18(23(27)29-7-2)20(17)19-15(5)30-25-21(19)16-11-9-8-10-12-16/h8-12H,6-7H2,1-5H3. The van der Waals surface area contributed by atoms with Crippen molar-refractivity contribution in [2.24, 2.45) is 0 Å². The molecule has 2 heterocycles. The van der Waals surface area contributed by atoms with E-state index in [0.29, 0.717) is 34.0 Å². The first kappa shape index (κ1) is 21.2. The monoisotopic (exact) mass is 408 g/mol. The minimum atomic E-state index is -0.567. The number of hydrogen-bond donors (Lipinski definition) is 0. The zero-order valence-corrected chi connectivity index (χ0v) is 17.7. The number of carbonyl (C=O) groups excluding carboxylic acids is 2. The highest BCUT2D eigenvalue weighted by molar-refractivity contribution is 6.09. The van der Waals surface area contributed by atoms with Crippen LogP contribution in [0.5, 0.6) is 0 Å². The van der Waals surface area contributed by atoms with E-state index in [1.54, 1.807) is 34.6 Å². The number of carbonyl (C=O) groups is 2. The molecule has 0 fully saturated rings. The predicted octanol–water partition coefficient (Wildman–Crippen LogP) is 4.68. The molecule has 0 atom stereocenters. The topological polar surface area (TPSA) is 91.5 Å². The van der Waals surface area contributed by atoms with E-state index in [2.05, 4.69) is 10.1 Å². The Morgan fingerprint density at radius 1 is 0.867 bits per heavy atom. The molecule has 1 aromatic carbocycles. The summed E-state index contributed by atoms with van der Waals surface area (Å²) in [5, 5.41) is 4.21. The van der Waals surface area contributed by atoms with Crippen LogP contribution in [0.15, 0.2) is 34.9 Å². The molecular weight excluding hydrogens is 384 g/mol. The second kappa shape index (κ2) is 8.90. The van der Waals surface area contributed by atoms with Gasteiger partial charge < -0.3 is 14.0 Å². The number of aromatic nitrogens is 2. The number of hydrogen-bond acceptors (Lipinski definition) is 7. The zero-order chi connectivity index (χ0) is 21.8. The number of benzene rings is 1. The molecule has 0 radical (unpaired) electrons. The van der Waals surface area contributed by atoms with Crippen LogP contribution in [0.25, 0.3) is 22.4 Å². The number of rotatable bonds is 6. The lowest BCUT2D eigenvalue weighted by molar-refractivity contribution is 0.0525. The summed E-state index contributed by atoms with van der Waals surface area (Å²) >= 11 is 0. The fourth-order valence-electron chi connectivity index (χ4n) is 3.47. The molecule has 3 rings (SSSR count). The summed E-state index contributed by atoms with van der Waals surface area (Å²) in [5.41, 5.74) is 3.54. The smallest absolute Gasteiger partial charge is 0.340 e. The third-order valence-electron chi connectivity index (χ3n) is 4.68. The number of ether oxygens (including phenoxy) is 2. The van der Waals surface area contributed by atoms with Crippen molar-refractivity contribution in [1.29, 1.82) is 0 Å². The number of aryl methyl sites for hydroxylation is 3. The van der Waals surface area contributed by atoms with E-state index >= 15 is 0 Å². The van der Waals surface area contributed by atoms with E-state index in [9.17, 15) is 9.59 Å². The van der Waals surface area contributed by atoms with Gasteiger partial charge in [-0.1, -0.05) is 35.5 Å². The Morgan fingerprint density at radius 2 is 1.40 bits per heavy atom. The van der Waals surface area contributed by atoms with Crippen LogP contribution in [0.4, 0.5) is 0 Å². The molecule has 7 heteroatoms. The van der Waals surface area contributed by atoms with Gasteiger partial charge >= 0.3 is 11.9 Å². The highest BCUT2D eigenvalue weighted by Crippen LogP contribution is 2.40. The van der Waals surface area contributed by atoms with Crippen molar-refractivity contribution < 1.29 is 23.6 Å². The highest BCUT2D eigenvalue weighted by Gasteiger charge is 2.32. The first-order chi connectivity index (χ1) is 14.4. The molecule has 0 saturated heterocycles. The summed E-state index contributed by atoms with van der Waals surface area (Å²) < 4.78 is 16.1. The quantitative estimate of drug-likeness (QED) is 0.547. The van der Waals surface area contributed by atoms with Crippen molar-refractivity contribution in [2.75, 3.05) is 13.2 Å². The maximum absolute atomic E-state index is 12.9. The first-order valence-corrected chi connectivity index (χ1v) is 9.78. The van der Waals surface area contributed by atoms with Gasteiger partial charge in [-0.25, -0.2) is 9.59 Å². The first-order valence-electron chi connectivity index (χ1n) is 9.78. The van der Waals surface area contributed by atoms with Crippen LogP contribution < -0.4 is 0 Å². The zero-order valence-electron chi connectivity index (χ0n) is 17.7. The van der Waals surface area contributed by atoms with Gasteiger partial charge in [0.15, 0.2) is 0 Å². The van der Waals surface area contributed by atoms with Gasteiger partial charge in [0.25, 0.3) is 0 Å². The Morgan fingerprint density at radius 3 is 1.90 bits per heavy atom. The molecular formula is C23H24N2O5. The molecule has 7 nitrogen and oxygen atoms in total. The van der Waals surface area contributed by atoms with Gasteiger partial charge in [0.2, 0.25) is 0 Å². The summed E-state index contributed by atoms with van der Waals surface area (Å²) in [6, 6.07) is 9.42. The van der Waals surface area contributed by atoms with Crippen LogP contribution in [0.2, 0.25) is 0 Å². The van der Waals surface area contributed by atoms with Crippen molar-refractivity contribution >= 4 is 11.9 Å². The van der Waals surface area contributed by atoms with E-state index in [0.717, 1.165) is 5.56 Å². The summed E-state index contributed by atoms with van der Waals surface area (Å²) in [6.07, 6.45) is 0. The fourth-order valence-corrected chi connectivity index (χ4v) is 3.47. The van der Waals surface area contributed by atoms with E-state index in [-0.39, 0.29) is 24.3 Å². The normalized spacial score (nSPS) is 10.7. The number of nitrogens with zero attached hydrogens (tertiary/aromatic N) is 2. The Kier molecular flexibility index (Phi) is 6.30. The minimum Gasteiger partial charge on any atom is -0.462 e. The largest absolute Gasteiger partial charge is 0.462 e. The van der Waals surface area contributed by atoms with Crippen molar-refractivity contribution in [3.8, 4) is 22.4 Å². The molecule has 0 aliphatic carbocycles. The summed E-state index contributed by atoms with van der Waals surface area (Å²) in [4.78, 5) is 30.3. The van der Waals surface area contributed by atoms with Crippen LogP contribution in [-0.2, 0) is 9.47 Å². The van der Waals surface area contributed by atoms with Crippen LogP contribution in [-0.4, -0.2) is 35.3 Å². The van der Waals surface area contributed by atoms with Gasteiger partial charge in [-0.15, -0.1) is 0 Å². The Labute approximate surface area is 175 Å². The minimum absolute atomic E-state index is 0.189. The van der Waals surface area contributed by atoms with Crippen LogP contribution in [0.3, 0.4) is 0 Å². The van der Waals surface area contributed by atoms with Crippen LogP contribution in [0, 0.1) is 20.8 Å². The summed E-state index contributed by atoms with van der Waals surface area (Å²) in [6.45, 7) is 8.99. The predicted molar refractivity (Wildman–Crippen MR) is 111 cm³/mol. The highest BCUT2D eigenvalue weighted by atomic mass is 16.5. The van der Waals surface area contributed by atoms with Gasteiger partial charge in [0, 0.05) is 11.1 Å².